The average Bonchev–Trinajstić information content (AvgIpc) is 2.82. The molecule has 0 spiro atoms. The summed E-state index contributed by atoms with van der Waals surface area (Å²) in [5.41, 5.74) is 2.37. The third-order valence-electron chi connectivity index (χ3n) is 5.81. The van der Waals surface area contributed by atoms with Crippen molar-refractivity contribution in [3.8, 4) is 5.75 Å². The Labute approximate surface area is 178 Å². The Kier molecular flexibility index (Phi) is 6.53. The summed E-state index contributed by atoms with van der Waals surface area (Å²) in [6.45, 7) is 4.76. The standard InChI is InChI=1S/C26H30N2O2/c1-2-24(30-25-12-8-10-21-9-4-5-11-23(21)25)26(29)27-19-20-13-15-22(16-14-20)28-17-6-3-7-18-28/h4-5,8-16,24H,2-3,6-7,17-19H2,1H3,(H,27,29)/t24-/m1/s1. The molecule has 4 rings (SSSR count). The van der Waals surface area contributed by atoms with Gasteiger partial charge in [0.15, 0.2) is 6.10 Å². The number of carbonyl (C=O) groups is 1. The van der Waals surface area contributed by atoms with Crippen LogP contribution in [-0.2, 0) is 11.3 Å². The molecule has 156 valence electrons. The van der Waals surface area contributed by atoms with Gasteiger partial charge >= 0.3 is 0 Å². The van der Waals surface area contributed by atoms with Crippen LogP contribution in [-0.4, -0.2) is 25.1 Å². The van der Waals surface area contributed by atoms with Crippen LogP contribution in [0.15, 0.2) is 66.7 Å². The van der Waals surface area contributed by atoms with Crippen LogP contribution in [0.25, 0.3) is 10.8 Å². The van der Waals surface area contributed by atoms with E-state index in [1.165, 1.54) is 24.9 Å². The topological polar surface area (TPSA) is 41.6 Å². The lowest BCUT2D eigenvalue weighted by atomic mass is 10.1. The van der Waals surface area contributed by atoms with Crippen LogP contribution in [0, 0.1) is 0 Å². The Bertz CT molecular complexity index is 972. The maximum Gasteiger partial charge on any atom is 0.261 e. The normalized spacial score (nSPS) is 15.0. The van der Waals surface area contributed by atoms with Crippen LogP contribution in [0.4, 0.5) is 5.69 Å². The molecule has 0 aliphatic carbocycles. The fourth-order valence-electron chi connectivity index (χ4n) is 4.05. The Morgan fingerprint density at radius 3 is 2.47 bits per heavy atom. The minimum atomic E-state index is -0.511. The van der Waals surface area contributed by atoms with Gasteiger partial charge in [-0.1, -0.05) is 55.5 Å². The first-order valence-corrected chi connectivity index (χ1v) is 11.0. The lowest BCUT2D eigenvalue weighted by Gasteiger charge is -2.28. The van der Waals surface area contributed by atoms with Crippen molar-refractivity contribution >= 4 is 22.4 Å². The number of anilines is 1. The second-order valence-corrected chi connectivity index (χ2v) is 7.92. The minimum absolute atomic E-state index is 0.0782. The van der Waals surface area contributed by atoms with Gasteiger partial charge in [0.05, 0.1) is 0 Å². The Morgan fingerprint density at radius 2 is 1.70 bits per heavy atom. The lowest BCUT2D eigenvalue weighted by Crippen LogP contribution is -2.37. The maximum absolute atomic E-state index is 12.8. The molecule has 3 aromatic carbocycles. The summed E-state index contributed by atoms with van der Waals surface area (Å²) < 4.78 is 6.11. The molecule has 4 nitrogen and oxygen atoms in total. The van der Waals surface area contributed by atoms with Gasteiger partial charge in [-0.15, -0.1) is 0 Å². The molecule has 1 aliphatic rings. The van der Waals surface area contributed by atoms with Crippen molar-refractivity contribution in [1.29, 1.82) is 0 Å². The first-order chi connectivity index (χ1) is 14.7. The van der Waals surface area contributed by atoms with Gasteiger partial charge in [0, 0.05) is 30.7 Å². The smallest absolute Gasteiger partial charge is 0.261 e. The summed E-state index contributed by atoms with van der Waals surface area (Å²) >= 11 is 0. The number of ether oxygens (including phenoxy) is 1. The third kappa shape index (κ3) is 4.76. The molecule has 1 heterocycles. The zero-order chi connectivity index (χ0) is 20.8. The van der Waals surface area contributed by atoms with Crippen LogP contribution in [0.1, 0.15) is 38.2 Å². The average molecular weight is 403 g/mol. The van der Waals surface area contributed by atoms with Crippen molar-refractivity contribution in [2.45, 2.75) is 45.3 Å². The zero-order valence-electron chi connectivity index (χ0n) is 17.6. The van der Waals surface area contributed by atoms with Crippen molar-refractivity contribution < 1.29 is 9.53 Å². The van der Waals surface area contributed by atoms with Crippen molar-refractivity contribution in [3.63, 3.8) is 0 Å². The largest absolute Gasteiger partial charge is 0.480 e. The van der Waals surface area contributed by atoms with E-state index in [0.717, 1.165) is 35.2 Å². The predicted octanol–water partition coefficient (Wildman–Crippen LogP) is 5.30. The number of amides is 1. The Morgan fingerprint density at radius 1 is 0.967 bits per heavy atom. The van der Waals surface area contributed by atoms with E-state index in [2.05, 4.69) is 46.6 Å². The van der Waals surface area contributed by atoms with Gasteiger partial charge < -0.3 is 15.0 Å². The monoisotopic (exact) mass is 402 g/mol. The summed E-state index contributed by atoms with van der Waals surface area (Å²) in [5.74, 6) is 0.673. The molecule has 1 saturated heterocycles. The van der Waals surface area contributed by atoms with E-state index < -0.39 is 6.10 Å². The quantitative estimate of drug-likeness (QED) is 0.583. The number of hydrogen-bond donors (Lipinski definition) is 1. The van der Waals surface area contributed by atoms with E-state index in [4.69, 9.17) is 4.74 Å². The summed E-state index contributed by atoms with van der Waals surface area (Å²) in [6, 6.07) is 22.6. The summed E-state index contributed by atoms with van der Waals surface area (Å²) in [6.07, 6.45) is 3.98. The number of nitrogens with one attached hydrogen (secondary N) is 1. The molecule has 3 aromatic rings. The SMILES string of the molecule is CC[C@@H](Oc1cccc2ccccc12)C(=O)NCc1ccc(N2CCCCC2)cc1. The zero-order valence-corrected chi connectivity index (χ0v) is 17.6. The van der Waals surface area contributed by atoms with Gasteiger partial charge in [-0.25, -0.2) is 0 Å². The summed E-state index contributed by atoms with van der Waals surface area (Å²) in [5, 5.41) is 5.18. The second-order valence-electron chi connectivity index (χ2n) is 7.92. The number of fused-ring (bicyclic) bond motifs is 1. The number of nitrogens with zero attached hydrogens (tertiary/aromatic N) is 1. The second kappa shape index (κ2) is 9.66. The Balaban J connectivity index is 1.36. The number of carbonyl (C=O) groups excluding carboxylic acids is 1. The van der Waals surface area contributed by atoms with Crippen LogP contribution < -0.4 is 15.0 Å². The molecule has 4 heteroatoms. The van der Waals surface area contributed by atoms with Gasteiger partial charge in [-0.05, 0) is 54.8 Å². The molecule has 0 aromatic heterocycles. The molecular weight excluding hydrogens is 372 g/mol. The van der Waals surface area contributed by atoms with E-state index in [-0.39, 0.29) is 5.91 Å². The van der Waals surface area contributed by atoms with Crippen LogP contribution in [0.5, 0.6) is 5.75 Å². The van der Waals surface area contributed by atoms with Crippen LogP contribution >= 0.6 is 0 Å². The first-order valence-electron chi connectivity index (χ1n) is 11.0. The van der Waals surface area contributed by atoms with Crippen LogP contribution in [0.2, 0.25) is 0 Å². The van der Waals surface area contributed by atoms with E-state index >= 15 is 0 Å². The highest BCUT2D eigenvalue weighted by Crippen LogP contribution is 2.26. The highest BCUT2D eigenvalue weighted by molar-refractivity contribution is 5.89. The third-order valence-corrected chi connectivity index (χ3v) is 5.81. The molecule has 0 radical (unpaired) electrons. The van der Waals surface area contributed by atoms with Crippen LogP contribution in [0.3, 0.4) is 0 Å². The van der Waals surface area contributed by atoms with Crippen molar-refractivity contribution in [1.82, 2.24) is 5.32 Å². The van der Waals surface area contributed by atoms with Gasteiger partial charge in [0.1, 0.15) is 5.75 Å². The van der Waals surface area contributed by atoms with Gasteiger partial charge in [0.25, 0.3) is 5.91 Å². The fourth-order valence-corrected chi connectivity index (χ4v) is 4.05. The van der Waals surface area contributed by atoms with Crippen molar-refractivity contribution in [2.75, 3.05) is 18.0 Å². The first kappa shape index (κ1) is 20.3. The minimum Gasteiger partial charge on any atom is -0.480 e. The van der Waals surface area contributed by atoms with Crippen molar-refractivity contribution in [2.24, 2.45) is 0 Å². The highest BCUT2D eigenvalue weighted by atomic mass is 16.5. The van der Waals surface area contributed by atoms with E-state index in [1.807, 2.05) is 37.3 Å². The van der Waals surface area contributed by atoms with Gasteiger partial charge in [-0.2, -0.15) is 0 Å². The molecule has 0 unspecified atom stereocenters. The number of rotatable bonds is 7. The molecule has 0 saturated carbocycles. The predicted molar refractivity (Wildman–Crippen MR) is 123 cm³/mol. The number of piperidine rings is 1. The van der Waals surface area contributed by atoms with E-state index in [1.54, 1.807) is 0 Å². The summed E-state index contributed by atoms with van der Waals surface area (Å²) in [7, 11) is 0. The molecule has 0 bridgehead atoms. The van der Waals surface area contributed by atoms with Crippen molar-refractivity contribution in [3.05, 3.63) is 72.3 Å². The van der Waals surface area contributed by atoms with Gasteiger partial charge in [0.2, 0.25) is 0 Å². The number of benzene rings is 3. The molecule has 1 atom stereocenters. The molecular formula is C26H30N2O2. The van der Waals surface area contributed by atoms with E-state index in [0.29, 0.717) is 13.0 Å². The number of hydrogen-bond acceptors (Lipinski definition) is 3. The lowest BCUT2D eigenvalue weighted by molar-refractivity contribution is -0.128. The summed E-state index contributed by atoms with van der Waals surface area (Å²) in [4.78, 5) is 15.2. The van der Waals surface area contributed by atoms with E-state index in [9.17, 15) is 4.79 Å². The molecule has 1 fully saturated rings. The van der Waals surface area contributed by atoms with Gasteiger partial charge in [-0.3, -0.25) is 4.79 Å². The maximum atomic E-state index is 12.8. The molecule has 1 N–H and O–H groups in total. The fraction of sp³-hybridized carbons (Fsp3) is 0.346. The Hall–Kier alpha value is -3.01. The highest BCUT2D eigenvalue weighted by Gasteiger charge is 2.19. The molecule has 1 aliphatic heterocycles. The molecule has 1 amide bonds. The molecule has 30 heavy (non-hydrogen) atoms.